The maximum atomic E-state index is 12.8. The van der Waals surface area contributed by atoms with E-state index in [9.17, 15) is 10.1 Å². The van der Waals surface area contributed by atoms with Gasteiger partial charge in [0.2, 0.25) is 6.23 Å². The van der Waals surface area contributed by atoms with Gasteiger partial charge in [0.05, 0.1) is 18.8 Å². The van der Waals surface area contributed by atoms with Crippen molar-refractivity contribution in [2.45, 2.75) is 50.0 Å². The minimum atomic E-state index is -0.767. The number of carbonyl (C=O) groups excluding carboxylic acids is 1. The summed E-state index contributed by atoms with van der Waals surface area (Å²) in [5, 5.41) is 23.3. The van der Waals surface area contributed by atoms with Crippen molar-refractivity contribution < 1.29 is 9.53 Å². The number of carbonyl (C=O) groups is 1. The lowest BCUT2D eigenvalue weighted by Crippen LogP contribution is -2.46. The smallest absolute Gasteiger partial charge is 0.282 e. The highest BCUT2D eigenvalue weighted by molar-refractivity contribution is 5.83. The van der Waals surface area contributed by atoms with E-state index < -0.39 is 6.23 Å². The fourth-order valence-corrected chi connectivity index (χ4v) is 4.23. The summed E-state index contributed by atoms with van der Waals surface area (Å²) in [4.78, 5) is 14.5. The molecule has 154 valence electrons. The van der Waals surface area contributed by atoms with Gasteiger partial charge in [0.25, 0.3) is 5.91 Å². The molecule has 1 aliphatic carbocycles. The van der Waals surface area contributed by atoms with Gasteiger partial charge in [-0.1, -0.05) is 29.5 Å². The number of hydrogen-bond acceptors (Lipinski definition) is 7. The number of nitrogens with one attached hydrogen (secondary N) is 2. The lowest BCUT2D eigenvalue weighted by Gasteiger charge is -2.17. The lowest BCUT2D eigenvalue weighted by molar-refractivity contribution is -0.129. The largest absolute Gasteiger partial charge is 0.459 e. The summed E-state index contributed by atoms with van der Waals surface area (Å²) in [6.45, 7) is 1.03. The van der Waals surface area contributed by atoms with Crippen molar-refractivity contribution >= 4 is 11.7 Å². The van der Waals surface area contributed by atoms with Crippen molar-refractivity contribution in [3.63, 3.8) is 0 Å². The number of benzene rings is 1. The molecule has 0 bridgehead atoms. The lowest BCUT2D eigenvalue weighted by atomic mass is 10.0. The number of amides is 1. The predicted octanol–water partition coefficient (Wildman–Crippen LogP) is 1.14. The van der Waals surface area contributed by atoms with Crippen LogP contribution < -0.4 is 10.6 Å². The molecule has 1 aromatic heterocycles. The van der Waals surface area contributed by atoms with Crippen LogP contribution >= 0.6 is 0 Å². The van der Waals surface area contributed by atoms with Crippen LogP contribution in [0.4, 0.5) is 0 Å². The standard InChI is InChI=1S/C21H23N7O2/c22-13-27-11-15(9-16(27)12-28-8-7-24-26-28)25-20(29)21-23-10-19(30-21)18-4-2-1-3-17(18)14-5-6-14/h1-4,7-8,10,14-16,21,23H,5-6,9,11-12H2,(H,25,29)/t15-,16+,21?/m1/s1. The highest BCUT2D eigenvalue weighted by Crippen LogP contribution is 2.43. The van der Waals surface area contributed by atoms with Gasteiger partial charge in [-0.25, -0.2) is 0 Å². The maximum absolute atomic E-state index is 12.8. The van der Waals surface area contributed by atoms with E-state index in [1.807, 2.05) is 18.2 Å². The van der Waals surface area contributed by atoms with Gasteiger partial charge in [-0.15, -0.1) is 5.10 Å². The summed E-state index contributed by atoms with van der Waals surface area (Å²) in [5.74, 6) is 1.07. The molecule has 2 aromatic rings. The molecule has 2 fully saturated rings. The SMILES string of the molecule is N#CN1C[C@H](NC(=O)C2NC=C(c3ccccc3C3CC3)O2)C[C@H]1Cn1ccnn1. The Morgan fingerprint density at radius 2 is 2.23 bits per heavy atom. The van der Waals surface area contributed by atoms with E-state index in [1.165, 1.54) is 18.4 Å². The molecule has 5 rings (SSSR count). The molecule has 0 radical (unpaired) electrons. The number of likely N-dealkylation sites (tertiary alicyclic amines) is 1. The summed E-state index contributed by atoms with van der Waals surface area (Å²) < 4.78 is 7.64. The number of nitriles is 1. The van der Waals surface area contributed by atoms with Crippen molar-refractivity contribution in [3.05, 3.63) is 54.0 Å². The van der Waals surface area contributed by atoms with E-state index in [0.717, 1.165) is 5.56 Å². The zero-order valence-electron chi connectivity index (χ0n) is 16.4. The van der Waals surface area contributed by atoms with Crippen LogP contribution in [0.2, 0.25) is 0 Å². The molecule has 1 saturated carbocycles. The third kappa shape index (κ3) is 3.68. The summed E-state index contributed by atoms with van der Waals surface area (Å²) in [7, 11) is 0. The van der Waals surface area contributed by atoms with Crippen LogP contribution in [-0.4, -0.2) is 50.7 Å². The van der Waals surface area contributed by atoms with Crippen molar-refractivity contribution in [3.8, 4) is 6.19 Å². The van der Waals surface area contributed by atoms with Gasteiger partial charge in [-0.05, 0) is 30.7 Å². The second-order valence-corrected chi connectivity index (χ2v) is 8.01. The normalized spacial score (nSPS) is 25.2. The van der Waals surface area contributed by atoms with Crippen LogP contribution in [0.15, 0.2) is 42.9 Å². The van der Waals surface area contributed by atoms with Gasteiger partial charge in [0.1, 0.15) is 5.76 Å². The van der Waals surface area contributed by atoms with Crippen LogP contribution in [0.1, 0.15) is 36.3 Å². The Labute approximate surface area is 174 Å². The molecule has 9 heteroatoms. The van der Waals surface area contributed by atoms with Gasteiger partial charge in [0, 0.05) is 30.5 Å². The van der Waals surface area contributed by atoms with Gasteiger partial charge in [-0.3, -0.25) is 9.48 Å². The maximum Gasteiger partial charge on any atom is 0.282 e. The molecule has 1 aromatic carbocycles. The van der Waals surface area contributed by atoms with Crippen LogP contribution in [0, 0.1) is 11.5 Å². The quantitative estimate of drug-likeness (QED) is 0.694. The molecule has 1 amide bonds. The number of hydrogen-bond donors (Lipinski definition) is 2. The van der Waals surface area contributed by atoms with Gasteiger partial charge < -0.3 is 20.3 Å². The molecule has 9 nitrogen and oxygen atoms in total. The molecular formula is C21H23N7O2. The number of nitrogens with zero attached hydrogens (tertiary/aromatic N) is 5. The average molecular weight is 405 g/mol. The molecule has 1 saturated heterocycles. The molecule has 2 aliphatic heterocycles. The van der Waals surface area contributed by atoms with Crippen molar-refractivity contribution in [1.29, 1.82) is 5.26 Å². The number of aromatic nitrogens is 3. The van der Waals surface area contributed by atoms with E-state index in [0.29, 0.717) is 31.2 Å². The molecule has 3 heterocycles. The van der Waals surface area contributed by atoms with Crippen LogP contribution in [-0.2, 0) is 16.1 Å². The van der Waals surface area contributed by atoms with Crippen LogP contribution in [0.5, 0.6) is 0 Å². The van der Waals surface area contributed by atoms with Gasteiger partial charge in [0.15, 0.2) is 6.19 Å². The van der Waals surface area contributed by atoms with Crippen molar-refractivity contribution in [2.24, 2.45) is 0 Å². The van der Waals surface area contributed by atoms with E-state index in [-0.39, 0.29) is 18.0 Å². The predicted molar refractivity (Wildman–Crippen MR) is 107 cm³/mol. The fraction of sp³-hybridized carbons (Fsp3) is 0.429. The first-order valence-electron chi connectivity index (χ1n) is 10.2. The zero-order chi connectivity index (χ0) is 20.5. The van der Waals surface area contributed by atoms with Crippen LogP contribution in [0.25, 0.3) is 5.76 Å². The average Bonchev–Trinajstić information content (AvgIpc) is 3.14. The first-order chi connectivity index (χ1) is 14.7. The Morgan fingerprint density at radius 1 is 1.37 bits per heavy atom. The Bertz CT molecular complexity index is 993. The van der Waals surface area contributed by atoms with E-state index in [1.54, 1.807) is 28.2 Å². The molecule has 2 N–H and O–H groups in total. The second kappa shape index (κ2) is 7.71. The van der Waals surface area contributed by atoms with Gasteiger partial charge in [-0.2, -0.15) is 5.26 Å². The Balaban J connectivity index is 1.18. The monoisotopic (exact) mass is 405 g/mol. The minimum absolute atomic E-state index is 0.0291. The highest BCUT2D eigenvalue weighted by Gasteiger charge is 2.36. The molecule has 1 unspecified atom stereocenters. The number of ether oxygens (including phenoxy) is 1. The Hall–Kier alpha value is -3.54. The van der Waals surface area contributed by atoms with Crippen LogP contribution in [0.3, 0.4) is 0 Å². The molecule has 30 heavy (non-hydrogen) atoms. The first kappa shape index (κ1) is 18.5. The first-order valence-corrected chi connectivity index (χ1v) is 10.2. The molecule has 3 aliphatic rings. The third-order valence-corrected chi connectivity index (χ3v) is 5.85. The summed E-state index contributed by atoms with van der Waals surface area (Å²) >= 11 is 0. The third-order valence-electron chi connectivity index (χ3n) is 5.85. The van der Waals surface area contributed by atoms with Crippen molar-refractivity contribution in [1.82, 2.24) is 30.5 Å². The number of rotatable bonds is 6. The van der Waals surface area contributed by atoms with Gasteiger partial charge >= 0.3 is 0 Å². The second-order valence-electron chi connectivity index (χ2n) is 8.01. The fourth-order valence-electron chi connectivity index (χ4n) is 4.23. The molecule has 0 spiro atoms. The molecular weight excluding hydrogens is 382 g/mol. The summed E-state index contributed by atoms with van der Waals surface area (Å²) in [6.07, 6.45) is 9.67. The Kier molecular flexibility index (Phi) is 4.75. The zero-order valence-corrected chi connectivity index (χ0v) is 16.4. The van der Waals surface area contributed by atoms with E-state index in [4.69, 9.17) is 4.74 Å². The minimum Gasteiger partial charge on any atom is -0.459 e. The topological polar surface area (TPSA) is 108 Å². The summed E-state index contributed by atoms with van der Waals surface area (Å²) in [5.41, 5.74) is 2.33. The molecule has 3 atom stereocenters. The van der Waals surface area contributed by atoms with Crippen molar-refractivity contribution in [2.75, 3.05) is 6.54 Å². The Morgan fingerprint density at radius 3 is 3.00 bits per heavy atom. The van der Waals surface area contributed by atoms with E-state index >= 15 is 0 Å². The summed E-state index contributed by atoms with van der Waals surface area (Å²) in [6, 6.07) is 8.05. The van der Waals surface area contributed by atoms with E-state index in [2.05, 4.69) is 33.2 Å². The highest BCUT2D eigenvalue weighted by atomic mass is 16.5.